The Kier molecular flexibility index (Phi) is 3.73. The number of nitrogens with one attached hydrogen (secondary N) is 2. The molecule has 1 amide bonds. The molecule has 2 aromatic carbocycles. The molecule has 0 aliphatic carbocycles. The zero-order chi connectivity index (χ0) is 18.3. The van der Waals surface area contributed by atoms with E-state index in [4.69, 9.17) is 0 Å². The van der Waals surface area contributed by atoms with Crippen molar-refractivity contribution in [3.05, 3.63) is 65.5 Å². The van der Waals surface area contributed by atoms with Gasteiger partial charge in [-0.15, -0.1) is 5.10 Å². The van der Waals surface area contributed by atoms with Crippen LogP contribution in [0.3, 0.4) is 0 Å². The van der Waals surface area contributed by atoms with Gasteiger partial charge in [-0.2, -0.15) is 0 Å². The molecule has 26 heavy (non-hydrogen) atoms. The van der Waals surface area contributed by atoms with Gasteiger partial charge in [0.15, 0.2) is 0 Å². The molecule has 8 nitrogen and oxygen atoms in total. The molecule has 2 N–H and O–H groups in total. The van der Waals surface area contributed by atoms with Crippen LogP contribution in [0.2, 0.25) is 0 Å². The van der Waals surface area contributed by atoms with Crippen LogP contribution in [-0.4, -0.2) is 29.3 Å². The first-order chi connectivity index (χ1) is 12.4. The van der Waals surface area contributed by atoms with Gasteiger partial charge < -0.3 is 5.32 Å². The molecule has 1 aliphatic heterocycles. The summed E-state index contributed by atoms with van der Waals surface area (Å²) >= 11 is 0. The Bertz CT molecular complexity index is 1100. The van der Waals surface area contributed by atoms with E-state index in [-0.39, 0.29) is 10.8 Å². The maximum absolute atomic E-state index is 12.5. The molecule has 0 bridgehead atoms. The third-order valence-electron chi connectivity index (χ3n) is 4.10. The van der Waals surface area contributed by atoms with E-state index in [0.29, 0.717) is 23.5 Å². The number of hydrogen-bond acceptors (Lipinski definition) is 5. The van der Waals surface area contributed by atoms with Crippen LogP contribution in [-0.2, 0) is 16.6 Å². The van der Waals surface area contributed by atoms with Crippen LogP contribution in [0.1, 0.15) is 21.6 Å². The number of amides is 1. The summed E-state index contributed by atoms with van der Waals surface area (Å²) < 4.78 is 29.2. The van der Waals surface area contributed by atoms with Gasteiger partial charge in [0.05, 0.1) is 34.6 Å². The van der Waals surface area contributed by atoms with Crippen molar-refractivity contribution < 1.29 is 13.2 Å². The highest BCUT2D eigenvalue weighted by molar-refractivity contribution is 7.92. The van der Waals surface area contributed by atoms with Crippen molar-refractivity contribution in [3.8, 4) is 5.69 Å². The second-order valence-corrected chi connectivity index (χ2v) is 7.65. The van der Waals surface area contributed by atoms with E-state index in [0.717, 1.165) is 11.3 Å². The van der Waals surface area contributed by atoms with E-state index in [1.807, 2.05) is 6.92 Å². The predicted molar refractivity (Wildman–Crippen MR) is 94.5 cm³/mol. The Balaban J connectivity index is 1.72. The Hall–Kier alpha value is -3.20. The lowest BCUT2D eigenvalue weighted by Crippen LogP contribution is -2.21. The second kappa shape index (κ2) is 5.95. The zero-order valence-electron chi connectivity index (χ0n) is 13.8. The van der Waals surface area contributed by atoms with Crippen LogP contribution in [0.4, 0.5) is 5.69 Å². The first kappa shape index (κ1) is 16.3. The Morgan fingerprint density at radius 2 is 1.92 bits per heavy atom. The van der Waals surface area contributed by atoms with E-state index in [2.05, 4.69) is 20.4 Å². The largest absolute Gasteiger partial charge is 0.346 e. The molecular formula is C17H15N5O3S. The molecule has 2 heterocycles. The number of aromatic nitrogens is 3. The van der Waals surface area contributed by atoms with E-state index >= 15 is 0 Å². The average Bonchev–Trinajstić information content (AvgIpc) is 3.03. The van der Waals surface area contributed by atoms with Crippen LogP contribution in [0.15, 0.2) is 53.6 Å². The summed E-state index contributed by atoms with van der Waals surface area (Å²) in [4.78, 5) is 12.5. The maximum atomic E-state index is 12.5. The number of nitrogens with zero attached hydrogens (tertiary/aromatic N) is 3. The fourth-order valence-electron chi connectivity index (χ4n) is 2.74. The van der Waals surface area contributed by atoms with Gasteiger partial charge >= 0.3 is 0 Å². The van der Waals surface area contributed by atoms with E-state index in [9.17, 15) is 13.2 Å². The van der Waals surface area contributed by atoms with Gasteiger partial charge in [0.1, 0.15) is 0 Å². The van der Waals surface area contributed by atoms with Crippen LogP contribution in [0, 0.1) is 6.92 Å². The summed E-state index contributed by atoms with van der Waals surface area (Å²) in [7, 11) is -3.75. The molecule has 0 fully saturated rings. The summed E-state index contributed by atoms with van der Waals surface area (Å²) in [5.41, 5.74) is 2.87. The van der Waals surface area contributed by atoms with Gasteiger partial charge in [0, 0.05) is 5.69 Å². The van der Waals surface area contributed by atoms with Gasteiger partial charge in [-0.25, -0.2) is 13.1 Å². The Morgan fingerprint density at radius 1 is 1.15 bits per heavy atom. The van der Waals surface area contributed by atoms with Crippen LogP contribution in [0.5, 0.6) is 0 Å². The number of fused-ring (bicyclic) bond motifs is 3. The van der Waals surface area contributed by atoms with Crippen molar-refractivity contribution in [1.82, 2.24) is 20.3 Å². The minimum Gasteiger partial charge on any atom is -0.346 e. The van der Waals surface area contributed by atoms with E-state index < -0.39 is 10.0 Å². The number of rotatable bonds is 3. The summed E-state index contributed by atoms with van der Waals surface area (Å²) in [6.07, 6.45) is 1.57. The SMILES string of the molecule is Cc1ccc(S(=O)(=O)Nc2ccc3c(c2)C(=O)NCc2cnnn2-3)cc1. The lowest BCUT2D eigenvalue weighted by atomic mass is 10.1. The lowest BCUT2D eigenvalue weighted by molar-refractivity contribution is 0.0953. The first-order valence-electron chi connectivity index (χ1n) is 7.86. The molecule has 3 aromatic rings. The molecule has 4 rings (SSSR count). The van der Waals surface area contributed by atoms with Crippen molar-refractivity contribution in [3.63, 3.8) is 0 Å². The number of carbonyl (C=O) groups is 1. The van der Waals surface area contributed by atoms with E-state index in [1.165, 1.54) is 18.2 Å². The van der Waals surface area contributed by atoms with Crippen molar-refractivity contribution in [1.29, 1.82) is 0 Å². The minimum absolute atomic E-state index is 0.154. The quantitative estimate of drug-likeness (QED) is 0.730. The molecule has 9 heteroatoms. The second-order valence-electron chi connectivity index (χ2n) is 5.97. The first-order valence-corrected chi connectivity index (χ1v) is 9.34. The molecule has 132 valence electrons. The summed E-state index contributed by atoms with van der Waals surface area (Å²) in [5.74, 6) is -0.304. The van der Waals surface area contributed by atoms with Gasteiger partial charge in [-0.3, -0.25) is 9.52 Å². The predicted octanol–water partition coefficient (Wildman–Crippen LogP) is 1.62. The zero-order valence-corrected chi connectivity index (χ0v) is 14.6. The number of anilines is 1. The lowest BCUT2D eigenvalue weighted by Gasteiger charge is -2.11. The third kappa shape index (κ3) is 2.82. The molecule has 0 saturated carbocycles. The van der Waals surface area contributed by atoms with Crippen LogP contribution < -0.4 is 10.0 Å². The molecule has 0 unspecified atom stereocenters. The number of benzene rings is 2. The smallest absolute Gasteiger partial charge is 0.261 e. The number of aryl methyl sites for hydroxylation is 1. The molecular weight excluding hydrogens is 354 g/mol. The molecule has 0 atom stereocenters. The summed E-state index contributed by atoms with van der Waals surface area (Å²) in [5, 5.41) is 10.6. The Morgan fingerprint density at radius 3 is 2.69 bits per heavy atom. The Labute approximate surface area is 149 Å². The van der Waals surface area contributed by atoms with E-state index in [1.54, 1.807) is 35.1 Å². The monoisotopic (exact) mass is 369 g/mol. The van der Waals surface area contributed by atoms with Crippen LogP contribution >= 0.6 is 0 Å². The van der Waals surface area contributed by atoms with Gasteiger partial charge in [-0.1, -0.05) is 22.9 Å². The highest BCUT2D eigenvalue weighted by Gasteiger charge is 2.22. The fraction of sp³-hybridized carbons (Fsp3) is 0.118. The molecule has 0 saturated heterocycles. The van der Waals surface area contributed by atoms with Crippen molar-refractivity contribution in [2.24, 2.45) is 0 Å². The maximum Gasteiger partial charge on any atom is 0.261 e. The molecule has 0 spiro atoms. The number of sulfonamides is 1. The van der Waals surface area contributed by atoms with Gasteiger partial charge in [-0.05, 0) is 37.3 Å². The van der Waals surface area contributed by atoms with Crippen molar-refractivity contribution in [2.45, 2.75) is 18.4 Å². The average molecular weight is 369 g/mol. The topological polar surface area (TPSA) is 106 Å². The standard InChI is InChI=1S/C17H15N5O3S/c1-11-2-5-14(6-3-11)26(24,25)20-12-4-7-16-15(8-12)17(23)18-9-13-10-19-21-22(13)16/h2-8,10,20H,9H2,1H3,(H,18,23). The van der Waals surface area contributed by atoms with Gasteiger partial charge in [0.25, 0.3) is 15.9 Å². The van der Waals surface area contributed by atoms with Gasteiger partial charge in [0.2, 0.25) is 0 Å². The third-order valence-corrected chi connectivity index (χ3v) is 5.50. The fourth-order valence-corrected chi connectivity index (χ4v) is 3.79. The minimum atomic E-state index is -3.75. The highest BCUT2D eigenvalue weighted by atomic mass is 32.2. The molecule has 0 radical (unpaired) electrons. The van der Waals surface area contributed by atoms with Crippen LogP contribution in [0.25, 0.3) is 5.69 Å². The number of carbonyl (C=O) groups excluding carboxylic acids is 1. The van der Waals surface area contributed by atoms with Crippen molar-refractivity contribution >= 4 is 21.6 Å². The highest BCUT2D eigenvalue weighted by Crippen LogP contribution is 2.24. The molecule has 1 aliphatic rings. The molecule has 1 aromatic heterocycles. The summed E-state index contributed by atoms with van der Waals surface area (Å²) in [6, 6.07) is 11.3. The normalized spacial score (nSPS) is 13.3. The number of hydrogen-bond donors (Lipinski definition) is 2. The van der Waals surface area contributed by atoms with Crippen molar-refractivity contribution in [2.75, 3.05) is 4.72 Å². The summed E-state index contributed by atoms with van der Waals surface area (Å²) in [6.45, 7) is 2.18.